The minimum atomic E-state index is -1.06. The second-order valence-corrected chi connectivity index (χ2v) is 14.0. The van der Waals surface area contributed by atoms with Crippen LogP contribution in [0.2, 0.25) is 0 Å². The summed E-state index contributed by atoms with van der Waals surface area (Å²) < 4.78 is 81.6. The molecule has 0 aromatic heterocycles. The lowest BCUT2D eigenvalue weighted by Crippen LogP contribution is -2.22. The molecule has 0 aliphatic heterocycles. The maximum Gasteiger partial charge on any atom is 0.308 e. The van der Waals surface area contributed by atoms with Gasteiger partial charge in [-0.1, -0.05) is 64.7 Å². The molecule has 2 N–H and O–H groups in total. The summed E-state index contributed by atoms with van der Waals surface area (Å²) in [6.45, 7) is 15.3. The molecule has 0 saturated heterocycles. The minimum Gasteiger partial charge on any atom is -0.463 e. The van der Waals surface area contributed by atoms with Crippen LogP contribution >= 0.6 is 0 Å². The molecular weight excluding hydrogens is 816 g/mol. The van der Waals surface area contributed by atoms with Crippen molar-refractivity contribution >= 4 is 5.97 Å². The zero-order valence-corrected chi connectivity index (χ0v) is 38.5. The first-order chi connectivity index (χ1) is 30.7. The average Bonchev–Trinajstić information content (AvgIpc) is 3.28. The number of hydrogen-bond donors (Lipinski definition) is 2. The summed E-state index contributed by atoms with van der Waals surface area (Å²) in [7, 11) is 0. The van der Waals surface area contributed by atoms with E-state index in [9.17, 15) is 4.79 Å². The Hall–Kier alpha value is -1.17. The van der Waals surface area contributed by atoms with E-state index < -0.39 is 18.7 Å². The van der Waals surface area contributed by atoms with Crippen molar-refractivity contribution in [3.63, 3.8) is 0 Å². The molecule has 372 valence electrons. The normalized spacial score (nSPS) is 12.1. The van der Waals surface area contributed by atoms with Gasteiger partial charge >= 0.3 is 5.97 Å². The van der Waals surface area contributed by atoms with E-state index in [4.69, 9.17) is 81.3 Å². The Balaban J connectivity index is 3.09. The van der Waals surface area contributed by atoms with Gasteiger partial charge in [0.2, 0.25) is 0 Å². The lowest BCUT2D eigenvalue weighted by molar-refractivity contribution is -0.148. The number of ether oxygens (including phenoxy) is 15. The van der Waals surface area contributed by atoms with Gasteiger partial charge in [-0.05, 0) is 6.42 Å². The molecule has 0 aromatic carbocycles. The van der Waals surface area contributed by atoms with Crippen molar-refractivity contribution in [2.45, 2.75) is 83.7 Å². The molecule has 0 heterocycles. The summed E-state index contributed by atoms with van der Waals surface area (Å²) in [6.07, 6.45) is 12.4. The third-order valence-corrected chi connectivity index (χ3v) is 8.58. The number of esters is 1. The van der Waals surface area contributed by atoms with Crippen LogP contribution in [-0.4, -0.2) is 220 Å². The van der Waals surface area contributed by atoms with Crippen molar-refractivity contribution in [3.05, 3.63) is 0 Å². The number of carbonyl (C=O) groups excluding carboxylic acids is 1. The number of unbranched alkanes of at least 4 members (excludes halogenated alkanes) is 9. The fourth-order valence-corrected chi connectivity index (χ4v) is 5.12. The van der Waals surface area contributed by atoms with Gasteiger partial charge in [0, 0.05) is 6.61 Å². The molecule has 0 spiro atoms. The van der Waals surface area contributed by atoms with Crippen LogP contribution < -0.4 is 0 Å². The van der Waals surface area contributed by atoms with E-state index in [2.05, 4.69) is 6.92 Å². The van der Waals surface area contributed by atoms with Crippen LogP contribution in [0.5, 0.6) is 0 Å². The van der Waals surface area contributed by atoms with Crippen molar-refractivity contribution in [3.8, 4) is 0 Å². The molecule has 0 amide bonds. The van der Waals surface area contributed by atoms with Gasteiger partial charge in [-0.25, -0.2) is 0 Å². The van der Waals surface area contributed by atoms with Crippen molar-refractivity contribution in [1.82, 2.24) is 0 Å². The molecule has 0 fully saturated rings. The van der Waals surface area contributed by atoms with Crippen LogP contribution in [0.25, 0.3) is 0 Å². The zero-order chi connectivity index (χ0) is 44.8. The van der Waals surface area contributed by atoms with Crippen molar-refractivity contribution in [2.75, 3.05) is 198 Å². The summed E-state index contributed by atoms with van der Waals surface area (Å²) in [5, 5.41) is 17.8. The van der Waals surface area contributed by atoms with Crippen molar-refractivity contribution < 1.29 is 86.1 Å². The summed E-state index contributed by atoms with van der Waals surface area (Å²) in [4.78, 5) is 11.4. The topological polar surface area (TPSA) is 196 Å². The van der Waals surface area contributed by atoms with E-state index in [1.54, 1.807) is 0 Å². The summed E-state index contributed by atoms with van der Waals surface area (Å²) in [5.74, 6) is -0.497. The van der Waals surface area contributed by atoms with E-state index in [0.717, 1.165) is 13.0 Å². The van der Waals surface area contributed by atoms with Crippen LogP contribution in [0.1, 0.15) is 77.6 Å². The molecule has 0 aliphatic rings. The maximum absolute atomic E-state index is 11.4. The molecular formula is C44H88O18. The Morgan fingerprint density at radius 3 is 0.823 bits per heavy atom. The predicted molar refractivity (Wildman–Crippen MR) is 232 cm³/mol. The highest BCUT2D eigenvalue weighted by Gasteiger charge is 2.07. The lowest BCUT2D eigenvalue weighted by Gasteiger charge is -2.09. The van der Waals surface area contributed by atoms with Gasteiger partial charge in [0.1, 0.15) is 12.7 Å². The van der Waals surface area contributed by atoms with E-state index in [-0.39, 0.29) is 19.6 Å². The fourth-order valence-electron chi connectivity index (χ4n) is 5.12. The first-order valence-corrected chi connectivity index (χ1v) is 23.2. The molecule has 1 atom stereocenters. The number of carbonyl (C=O) groups is 1. The zero-order valence-electron chi connectivity index (χ0n) is 38.5. The van der Waals surface area contributed by atoms with E-state index in [0.29, 0.717) is 172 Å². The van der Waals surface area contributed by atoms with E-state index in [1.165, 1.54) is 57.8 Å². The SMILES string of the molecule is CCCCCCCCCCCCOCCOCCOCCOCCOCCOCCOCCOCCOCCOCCOCCOCCOCCOCCC(=O)OCC(O)CO. The number of aliphatic hydroxyl groups excluding tert-OH is 2. The number of hydrogen-bond acceptors (Lipinski definition) is 18. The largest absolute Gasteiger partial charge is 0.463 e. The van der Waals surface area contributed by atoms with Gasteiger partial charge in [0.15, 0.2) is 0 Å². The van der Waals surface area contributed by atoms with E-state index >= 15 is 0 Å². The fraction of sp³-hybridized carbons (Fsp3) is 0.977. The third kappa shape index (κ3) is 55.0. The lowest BCUT2D eigenvalue weighted by atomic mass is 10.1. The molecule has 0 bridgehead atoms. The highest BCUT2D eigenvalue weighted by Crippen LogP contribution is 2.10. The van der Waals surface area contributed by atoms with Crippen LogP contribution in [0, 0.1) is 0 Å². The second-order valence-electron chi connectivity index (χ2n) is 14.0. The standard InChI is InChI=1S/C44H88O18/c1-2-3-4-5-6-7-8-9-10-11-13-48-15-17-50-19-21-52-23-25-54-27-29-56-31-33-58-35-37-60-39-40-61-38-36-59-34-32-57-30-28-55-26-24-53-22-20-51-18-16-49-14-12-44(47)62-42-43(46)41-45/h43,45-46H,2-42H2,1H3. The molecule has 0 aromatic rings. The van der Waals surface area contributed by atoms with Crippen molar-refractivity contribution in [2.24, 2.45) is 0 Å². The molecule has 0 radical (unpaired) electrons. The Labute approximate surface area is 373 Å². The Bertz CT molecular complexity index is 833. The maximum atomic E-state index is 11.4. The number of aliphatic hydroxyl groups is 2. The first kappa shape index (κ1) is 60.8. The Morgan fingerprint density at radius 1 is 0.339 bits per heavy atom. The molecule has 18 heteroatoms. The van der Waals surface area contributed by atoms with Crippen LogP contribution in [-0.2, 0) is 75.8 Å². The molecule has 62 heavy (non-hydrogen) atoms. The van der Waals surface area contributed by atoms with Gasteiger partial charge < -0.3 is 81.3 Å². The second kappa shape index (κ2) is 56.0. The summed E-state index contributed by atoms with van der Waals surface area (Å²) in [5.41, 5.74) is 0. The van der Waals surface area contributed by atoms with E-state index in [1.807, 2.05) is 0 Å². The summed E-state index contributed by atoms with van der Waals surface area (Å²) in [6, 6.07) is 0. The van der Waals surface area contributed by atoms with Gasteiger partial charge in [0.25, 0.3) is 0 Å². The molecule has 1 unspecified atom stereocenters. The monoisotopic (exact) mass is 905 g/mol. The van der Waals surface area contributed by atoms with Crippen LogP contribution in [0.4, 0.5) is 0 Å². The molecule has 0 saturated carbocycles. The van der Waals surface area contributed by atoms with Gasteiger partial charge in [-0.15, -0.1) is 0 Å². The van der Waals surface area contributed by atoms with Crippen LogP contribution in [0.3, 0.4) is 0 Å². The minimum absolute atomic E-state index is 0.0644. The average molecular weight is 905 g/mol. The van der Waals surface area contributed by atoms with Gasteiger partial charge in [-0.2, -0.15) is 0 Å². The predicted octanol–water partition coefficient (Wildman–Crippen LogP) is 3.43. The highest BCUT2D eigenvalue weighted by molar-refractivity contribution is 5.69. The number of rotatable bonds is 56. The smallest absolute Gasteiger partial charge is 0.308 e. The third-order valence-electron chi connectivity index (χ3n) is 8.58. The Morgan fingerprint density at radius 2 is 0.565 bits per heavy atom. The molecule has 0 aliphatic carbocycles. The van der Waals surface area contributed by atoms with Crippen LogP contribution in [0.15, 0.2) is 0 Å². The quantitative estimate of drug-likeness (QED) is 0.0665. The van der Waals surface area contributed by atoms with Crippen molar-refractivity contribution in [1.29, 1.82) is 0 Å². The highest BCUT2D eigenvalue weighted by atomic mass is 16.6. The molecule has 0 rings (SSSR count). The first-order valence-electron chi connectivity index (χ1n) is 23.2. The Kier molecular flexibility index (Phi) is 54.9. The van der Waals surface area contributed by atoms with Gasteiger partial charge in [0.05, 0.1) is 191 Å². The van der Waals surface area contributed by atoms with Gasteiger partial charge in [-0.3, -0.25) is 4.79 Å². The molecule has 18 nitrogen and oxygen atoms in total. The summed E-state index contributed by atoms with van der Waals surface area (Å²) >= 11 is 0.